The summed E-state index contributed by atoms with van der Waals surface area (Å²) in [5.74, 6) is -3.45. The van der Waals surface area contributed by atoms with Crippen molar-refractivity contribution >= 4 is 28.4 Å². The van der Waals surface area contributed by atoms with Crippen LogP contribution in [-0.2, 0) is 11.0 Å². The topological polar surface area (TPSA) is 113 Å². The third-order valence-electron chi connectivity index (χ3n) is 8.91. The van der Waals surface area contributed by atoms with E-state index in [-0.39, 0.29) is 23.7 Å². The van der Waals surface area contributed by atoms with Crippen molar-refractivity contribution in [3.63, 3.8) is 0 Å². The Bertz CT molecular complexity index is 1890. The summed E-state index contributed by atoms with van der Waals surface area (Å²) >= 11 is 5.91. The number of aliphatic hydroxyl groups is 1. The number of benzene rings is 2. The molecule has 3 fully saturated rings. The lowest BCUT2D eigenvalue weighted by atomic mass is 9.87. The Kier molecular flexibility index (Phi) is 6.64. The zero-order chi connectivity index (χ0) is 31.0. The van der Waals surface area contributed by atoms with Crippen LogP contribution in [0, 0.1) is 34.7 Å². The molecule has 12 heteroatoms. The number of amides is 1. The minimum atomic E-state index is -1.77. The standard InChI is InChI=1S/C32H27ClF3N5O3/c1-44-25-9-16(8-17-13-41(19-4-5-19)40-28(17)25)30(42)38-15-32(43,18-2-3-18)26-11-21(31(14-37)6-7-31)27(36)29(39-26)20-10-22(33)24(35)12-23(20)34/h8-13,18-19,43H,2-7,15H2,1H3,(H,38,42)/t32-/m1/s1. The summed E-state index contributed by atoms with van der Waals surface area (Å²) in [6.07, 6.45) is 5.92. The number of nitriles is 1. The Labute approximate surface area is 255 Å². The number of fused-ring (bicyclic) bond motifs is 1. The van der Waals surface area contributed by atoms with Crippen molar-refractivity contribution in [2.24, 2.45) is 5.92 Å². The maximum atomic E-state index is 16.0. The summed E-state index contributed by atoms with van der Waals surface area (Å²) in [6, 6.07) is 8.57. The van der Waals surface area contributed by atoms with E-state index in [0.717, 1.165) is 24.3 Å². The molecule has 44 heavy (non-hydrogen) atoms. The second-order valence-electron chi connectivity index (χ2n) is 12.0. The molecule has 0 spiro atoms. The molecule has 4 aromatic rings. The van der Waals surface area contributed by atoms with Crippen LogP contribution in [0.15, 0.2) is 36.5 Å². The van der Waals surface area contributed by atoms with E-state index in [9.17, 15) is 23.9 Å². The van der Waals surface area contributed by atoms with Gasteiger partial charge in [0.05, 0.1) is 41.9 Å². The van der Waals surface area contributed by atoms with Gasteiger partial charge in [-0.15, -0.1) is 0 Å². The first-order valence-corrected chi connectivity index (χ1v) is 14.8. The van der Waals surface area contributed by atoms with Crippen LogP contribution in [0.3, 0.4) is 0 Å². The molecule has 1 amide bonds. The lowest BCUT2D eigenvalue weighted by Gasteiger charge is -2.30. The van der Waals surface area contributed by atoms with Gasteiger partial charge in [0, 0.05) is 34.3 Å². The van der Waals surface area contributed by atoms with Gasteiger partial charge in [-0.25, -0.2) is 18.2 Å². The van der Waals surface area contributed by atoms with Crippen molar-refractivity contribution in [1.29, 1.82) is 5.26 Å². The molecule has 7 rings (SSSR count). The zero-order valence-electron chi connectivity index (χ0n) is 23.6. The Balaban J connectivity index is 1.26. The molecular formula is C32H27ClF3N5O3. The molecule has 8 nitrogen and oxygen atoms in total. The number of rotatable bonds is 9. The van der Waals surface area contributed by atoms with Gasteiger partial charge in [-0.05, 0) is 68.7 Å². The Morgan fingerprint density at radius 2 is 1.93 bits per heavy atom. The summed E-state index contributed by atoms with van der Waals surface area (Å²) in [4.78, 5) is 17.8. The van der Waals surface area contributed by atoms with E-state index in [2.05, 4.69) is 21.5 Å². The minimum absolute atomic E-state index is 0.0215. The van der Waals surface area contributed by atoms with Crippen LogP contribution in [0.1, 0.15) is 66.2 Å². The number of carbonyl (C=O) groups excluding carboxylic acids is 1. The third kappa shape index (κ3) is 4.77. The number of hydrogen-bond acceptors (Lipinski definition) is 6. The van der Waals surface area contributed by atoms with Crippen LogP contribution >= 0.6 is 11.6 Å². The van der Waals surface area contributed by atoms with Crippen molar-refractivity contribution in [3.05, 3.63) is 75.8 Å². The number of ether oxygens (including phenoxy) is 1. The summed E-state index contributed by atoms with van der Waals surface area (Å²) < 4.78 is 52.3. The van der Waals surface area contributed by atoms with Gasteiger partial charge < -0.3 is 15.2 Å². The van der Waals surface area contributed by atoms with Crippen LogP contribution in [0.25, 0.3) is 22.2 Å². The lowest BCUT2D eigenvalue weighted by molar-refractivity contribution is 0.00938. The summed E-state index contributed by atoms with van der Waals surface area (Å²) in [5.41, 5.74) is -2.96. The molecule has 2 N–H and O–H groups in total. The molecule has 2 aromatic carbocycles. The first-order valence-electron chi connectivity index (χ1n) is 14.4. The molecule has 3 saturated carbocycles. The van der Waals surface area contributed by atoms with E-state index in [1.54, 1.807) is 12.1 Å². The summed E-state index contributed by atoms with van der Waals surface area (Å²) in [7, 11) is 1.50. The highest BCUT2D eigenvalue weighted by atomic mass is 35.5. The van der Waals surface area contributed by atoms with Crippen LogP contribution in [-0.4, -0.2) is 39.4 Å². The summed E-state index contributed by atoms with van der Waals surface area (Å²) in [5, 5.41) is 29.7. The first-order chi connectivity index (χ1) is 21.1. The fourth-order valence-electron chi connectivity index (χ4n) is 5.80. The maximum absolute atomic E-state index is 16.0. The largest absolute Gasteiger partial charge is 0.494 e. The van der Waals surface area contributed by atoms with Crippen molar-refractivity contribution < 1.29 is 27.8 Å². The van der Waals surface area contributed by atoms with Crippen molar-refractivity contribution in [2.45, 2.75) is 55.6 Å². The van der Waals surface area contributed by atoms with E-state index < -0.39 is 50.7 Å². The number of aromatic nitrogens is 3. The molecule has 3 aliphatic rings. The number of nitrogens with one attached hydrogen (secondary N) is 1. The number of halogens is 4. The van der Waals surface area contributed by atoms with Crippen LogP contribution in [0.5, 0.6) is 5.75 Å². The van der Waals surface area contributed by atoms with Gasteiger partial charge in [0.1, 0.15) is 34.2 Å². The Hall–Kier alpha value is -4.14. The number of hydrogen-bond donors (Lipinski definition) is 2. The van der Waals surface area contributed by atoms with E-state index >= 15 is 4.39 Å². The smallest absolute Gasteiger partial charge is 0.251 e. The quantitative estimate of drug-likeness (QED) is 0.219. The Morgan fingerprint density at radius 3 is 2.57 bits per heavy atom. The van der Waals surface area contributed by atoms with Crippen LogP contribution in [0.2, 0.25) is 5.02 Å². The first kappa shape index (κ1) is 28.6. The predicted octanol–water partition coefficient (Wildman–Crippen LogP) is 6.10. The zero-order valence-corrected chi connectivity index (χ0v) is 24.4. The van der Waals surface area contributed by atoms with Gasteiger partial charge >= 0.3 is 0 Å². The highest BCUT2D eigenvalue weighted by Crippen LogP contribution is 2.52. The molecule has 3 aliphatic carbocycles. The number of pyridine rings is 1. The van der Waals surface area contributed by atoms with Gasteiger partial charge in [-0.2, -0.15) is 10.4 Å². The van der Waals surface area contributed by atoms with Gasteiger partial charge in [-0.1, -0.05) is 11.6 Å². The maximum Gasteiger partial charge on any atom is 0.251 e. The SMILES string of the molecule is COc1cc(C(=O)NC[C@](O)(c2cc(C3(C#N)CC3)c(F)c(-c3cc(Cl)c(F)cc3F)n2)C2CC2)cc2cn(C3CC3)nc12. The fraction of sp³-hybridized carbons (Fsp3) is 0.375. The lowest BCUT2D eigenvalue weighted by Crippen LogP contribution is -2.43. The van der Waals surface area contributed by atoms with E-state index in [0.29, 0.717) is 54.6 Å². The fourth-order valence-corrected chi connectivity index (χ4v) is 5.97. The molecule has 0 unspecified atom stereocenters. The molecule has 1 atom stereocenters. The normalized spacial score (nSPS) is 18.5. The Morgan fingerprint density at radius 1 is 1.18 bits per heavy atom. The minimum Gasteiger partial charge on any atom is -0.494 e. The highest BCUT2D eigenvalue weighted by Gasteiger charge is 2.51. The van der Waals surface area contributed by atoms with Crippen molar-refractivity contribution in [1.82, 2.24) is 20.1 Å². The second-order valence-corrected chi connectivity index (χ2v) is 12.4. The average molecular weight is 622 g/mol. The van der Waals surface area contributed by atoms with Crippen molar-refractivity contribution in [3.8, 4) is 23.1 Å². The molecule has 0 radical (unpaired) electrons. The molecule has 0 saturated heterocycles. The van der Waals surface area contributed by atoms with Crippen molar-refractivity contribution in [2.75, 3.05) is 13.7 Å². The monoisotopic (exact) mass is 621 g/mol. The second kappa shape index (κ2) is 10.2. The molecular weight excluding hydrogens is 595 g/mol. The molecule has 2 aromatic heterocycles. The number of methoxy groups -OCH3 is 1. The van der Waals surface area contributed by atoms with Crippen LogP contribution < -0.4 is 10.1 Å². The van der Waals surface area contributed by atoms with E-state index in [1.165, 1.54) is 13.2 Å². The molecule has 2 heterocycles. The third-order valence-corrected chi connectivity index (χ3v) is 9.20. The van der Waals surface area contributed by atoms with Gasteiger partial charge in [-0.3, -0.25) is 9.48 Å². The van der Waals surface area contributed by atoms with Crippen LogP contribution in [0.4, 0.5) is 13.2 Å². The predicted molar refractivity (Wildman–Crippen MR) is 155 cm³/mol. The summed E-state index contributed by atoms with van der Waals surface area (Å²) in [6.45, 7) is -0.290. The molecule has 0 bridgehead atoms. The van der Waals surface area contributed by atoms with E-state index in [1.807, 2.05) is 10.9 Å². The van der Waals surface area contributed by atoms with Gasteiger partial charge in [0.2, 0.25) is 0 Å². The molecule has 226 valence electrons. The van der Waals surface area contributed by atoms with Gasteiger partial charge in [0.25, 0.3) is 5.91 Å². The highest BCUT2D eigenvalue weighted by molar-refractivity contribution is 6.31. The van der Waals surface area contributed by atoms with Gasteiger partial charge in [0.15, 0.2) is 5.82 Å². The number of carbonyl (C=O) groups is 1. The average Bonchev–Trinajstić information content (AvgIpc) is 3.88. The van der Waals surface area contributed by atoms with E-state index in [4.69, 9.17) is 16.3 Å². The molecule has 0 aliphatic heterocycles. The number of nitrogens with zero attached hydrogens (tertiary/aromatic N) is 4.